The van der Waals surface area contributed by atoms with Crippen molar-refractivity contribution in [2.75, 3.05) is 6.54 Å². The van der Waals surface area contributed by atoms with Crippen LogP contribution in [0.2, 0.25) is 18.1 Å². The number of alkyl carbamates (subject to hydrolysis) is 1. The maximum Gasteiger partial charge on any atom is 0.407 e. The van der Waals surface area contributed by atoms with Gasteiger partial charge in [0.15, 0.2) is 8.32 Å². The molecule has 0 radical (unpaired) electrons. The summed E-state index contributed by atoms with van der Waals surface area (Å²) in [6.45, 7) is 16.7. The molecule has 0 unspecified atom stereocenters. The van der Waals surface area contributed by atoms with Crippen molar-refractivity contribution in [2.45, 2.75) is 77.8 Å². The quantitative estimate of drug-likeness (QED) is 0.626. The van der Waals surface area contributed by atoms with Crippen LogP contribution in [-0.2, 0) is 20.6 Å². The lowest BCUT2D eigenvalue weighted by Crippen LogP contribution is -2.40. The van der Waals surface area contributed by atoms with Crippen molar-refractivity contribution < 1.29 is 23.9 Å². The summed E-state index contributed by atoms with van der Waals surface area (Å²) in [6.07, 6.45) is -0.627. The molecule has 1 rings (SSSR count). The average Bonchev–Trinajstić information content (AvgIpc) is 2.51. The van der Waals surface area contributed by atoms with E-state index in [-0.39, 0.29) is 11.6 Å². The Labute approximate surface area is 169 Å². The van der Waals surface area contributed by atoms with E-state index in [9.17, 15) is 14.7 Å². The lowest BCUT2D eigenvalue weighted by molar-refractivity contribution is -0.138. The SMILES string of the molecule is CC(C)(C)OC(=O)NC[C@@H](C(=O)O)c1ccc(CO[Si](C)(C)C(C)(C)C)cc1. The molecule has 0 saturated carbocycles. The molecule has 0 saturated heterocycles. The zero-order valence-corrected chi connectivity index (χ0v) is 19.4. The van der Waals surface area contributed by atoms with Crippen LogP contribution < -0.4 is 5.32 Å². The predicted molar refractivity (Wildman–Crippen MR) is 113 cm³/mol. The van der Waals surface area contributed by atoms with E-state index >= 15 is 0 Å². The summed E-state index contributed by atoms with van der Waals surface area (Å²) in [7, 11) is -1.84. The van der Waals surface area contributed by atoms with Gasteiger partial charge >= 0.3 is 12.1 Å². The van der Waals surface area contributed by atoms with Crippen molar-refractivity contribution >= 4 is 20.4 Å². The molecule has 158 valence electrons. The minimum Gasteiger partial charge on any atom is -0.481 e. The molecular formula is C21H35NO5Si. The number of aliphatic carboxylic acids is 1. The molecule has 6 nitrogen and oxygen atoms in total. The molecule has 0 aliphatic heterocycles. The van der Waals surface area contributed by atoms with Gasteiger partial charge in [-0.15, -0.1) is 0 Å². The normalized spacial score (nSPS) is 13.7. The molecule has 1 aromatic carbocycles. The second-order valence-corrected chi connectivity index (χ2v) is 14.4. The van der Waals surface area contributed by atoms with Crippen LogP contribution in [0.15, 0.2) is 24.3 Å². The number of nitrogens with one attached hydrogen (secondary N) is 1. The number of carboxylic acid groups (broad SMARTS) is 1. The van der Waals surface area contributed by atoms with E-state index in [0.717, 1.165) is 5.56 Å². The van der Waals surface area contributed by atoms with E-state index in [1.165, 1.54) is 0 Å². The zero-order valence-electron chi connectivity index (χ0n) is 18.4. The minimum atomic E-state index is -1.84. The number of hydrogen-bond donors (Lipinski definition) is 2. The van der Waals surface area contributed by atoms with Gasteiger partial charge < -0.3 is 19.6 Å². The van der Waals surface area contributed by atoms with Gasteiger partial charge in [0.2, 0.25) is 0 Å². The fourth-order valence-corrected chi connectivity index (χ4v) is 3.13. The molecule has 2 N–H and O–H groups in total. The monoisotopic (exact) mass is 409 g/mol. The van der Waals surface area contributed by atoms with Gasteiger partial charge in [-0.05, 0) is 50.0 Å². The fraction of sp³-hybridized carbons (Fsp3) is 0.619. The topological polar surface area (TPSA) is 84.9 Å². The smallest absolute Gasteiger partial charge is 0.407 e. The Hall–Kier alpha value is -1.86. The molecule has 0 bridgehead atoms. The van der Waals surface area contributed by atoms with Crippen molar-refractivity contribution in [3.63, 3.8) is 0 Å². The van der Waals surface area contributed by atoms with Gasteiger partial charge in [0, 0.05) is 6.54 Å². The maximum absolute atomic E-state index is 11.8. The minimum absolute atomic E-state index is 0.0376. The molecule has 0 fully saturated rings. The van der Waals surface area contributed by atoms with Crippen LogP contribution in [-0.4, -0.2) is 37.6 Å². The molecule has 0 spiro atoms. The molecule has 0 aliphatic rings. The average molecular weight is 410 g/mol. The third kappa shape index (κ3) is 7.64. The molecule has 1 amide bonds. The van der Waals surface area contributed by atoms with E-state index in [1.54, 1.807) is 32.9 Å². The van der Waals surface area contributed by atoms with Gasteiger partial charge in [-0.2, -0.15) is 0 Å². The van der Waals surface area contributed by atoms with Crippen molar-refractivity contribution in [3.05, 3.63) is 35.4 Å². The number of amides is 1. The van der Waals surface area contributed by atoms with Gasteiger partial charge in [0.1, 0.15) is 5.60 Å². The fourth-order valence-electron chi connectivity index (χ4n) is 2.17. The van der Waals surface area contributed by atoms with Gasteiger partial charge in [0.25, 0.3) is 0 Å². The molecule has 0 aliphatic carbocycles. The molecule has 1 atom stereocenters. The Morgan fingerprint density at radius 1 is 1.07 bits per heavy atom. The Morgan fingerprint density at radius 2 is 1.61 bits per heavy atom. The van der Waals surface area contributed by atoms with Crippen LogP contribution in [0.5, 0.6) is 0 Å². The number of ether oxygens (including phenoxy) is 1. The number of carbonyl (C=O) groups excluding carboxylic acids is 1. The summed E-state index contributed by atoms with van der Waals surface area (Å²) in [5, 5.41) is 12.2. The van der Waals surface area contributed by atoms with E-state index < -0.39 is 31.9 Å². The van der Waals surface area contributed by atoms with Gasteiger partial charge in [0.05, 0.1) is 12.5 Å². The highest BCUT2D eigenvalue weighted by molar-refractivity contribution is 6.74. The van der Waals surface area contributed by atoms with Crippen LogP contribution in [0.3, 0.4) is 0 Å². The lowest BCUT2D eigenvalue weighted by atomic mass is 9.98. The first kappa shape index (κ1) is 24.2. The summed E-state index contributed by atoms with van der Waals surface area (Å²) in [4.78, 5) is 23.4. The number of carbonyl (C=O) groups is 2. The lowest BCUT2D eigenvalue weighted by Gasteiger charge is -2.36. The molecule has 0 heterocycles. The van der Waals surface area contributed by atoms with Crippen molar-refractivity contribution in [3.8, 4) is 0 Å². The first-order valence-corrected chi connectivity index (χ1v) is 12.5. The van der Waals surface area contributed by atoms with Crippen LogP contribution in [0, 0.1) is 0 Å². The van der Waals surface area contributed by atoms with Gasteiger partial charge in [-0.25, -0.2) is 4.79 Å². The standard InChI is InChI=1S/C21H35NO5Si/c1-20(2,3)27-19(25)22-13-17(18(23)24)16-11-9-15(10-12-16)14-26-28(7,8)21(4,5)6/h9-12,17H,13-14H2,1-8H3,(H,22,25)(H,23,24)/t17-/m1/s1. The van der Waals surface area contributed by atoms with Crippen LogP contribution in [0.25, 0.3) is 0 Å². The second-order valence-electron chi connectivity index (χ2n) is 9.56. The highest BCUT2D eigenvalue weighted by Gasteiger charge is 2.37. The number of rotatable bonds is 7. The highest BCUT2D eigenvalue weighted by atomic mass is 28.4. The Morgan fingerprint density at radius 3 is 2.04 bits per heavy atom. The third-order valence-electron chi connectivity index (χ3n) is 4.94. The number of benzene rings is 1. The van der Waals surface area contributed by atoms with Crippen molar-refractivity contribution in [1.29, 1.82) is 0 Å². The van der Waals surface area contributed by atoms with Crippen LogP contribution in [0.1, 0.15) is 58.6 Å². The molecule has 0 aromatic heterocycles. The first-order valence-electron chi connectivity index (χ1n) is 9.55. The Kier molecular flexibility index (Phi) is 7.85. The molecule has 28 heavy (non-hydrogen) atoms. The largest absolute Gasteiger partial charge is 0.481 e. The molecule has 7 heteroatoms. The van der Waals surface area contributed by atoms with Crippen LogP contribution in [0.4, 0.5) is 4.79 Å². The van der Waals surface area contributed by atoms with Crippen molar-refractivity contribution in [1.82, 2.24) is 5.32 Å². The molecule has 1 aromatic rings. The van der Waals surface area contributed by atoms with Gasteiger partial charge in [-0.1, -0.05) is 45.0 Å². The number of hydrogen-bond acceptors (Lipinski definition) is 4. The van der Waals surface area contributed by atoms with Gasteiger partial charge in [-0.3, -0.25) is 4.79 Å². The first-order chi connectivity index (χ1) is 12.6. The predicted octanol–water partition coefficient (Wildman–Crippen LogP) is 4.90. The third-order valence-corrected chi connectivity index (χ3v) is 9.41. The summed E-state index contributed by atoms with van der Waals surface area (Å²) < 4.78 is 11.4. The number of carboxylic acids is 1. The van der Waals surface area contributed by atoms with E-state index in [0.29, 0.717) is 12.2 Å². The maximum atomic E-state index is 11.8. The van der Waals surface area contributed by atoms with Crippen LogP contribution >= 0.6 is 0 Å². The van der Waals surface area contributed by atoms with E-state index in [1.807, 2.05) is 12.1 Å². The van der Waals surface area contributed by atoms with Crippen molar-refractivity contribution in [2.24, 2.45) is 0 Å². The second kappa shape index (κ2) is 9.09. The zero-order chi connectivity index (χ0) is 21.8. The summed E-state index contributed by atoms with van der Waals surface area (Å²) in [6, 6.07) is 7.32. The Bertz CT molecular complexity index is 672. The summed E-state index contributed by atoms with van der Waals surface area (Å²) in [5.41, 5.74) is 0.992. The summed E-state index contributed by atoms with van der Waals surface area (Å²) >= 11 is 0. The van der Waals surface area contributed by atoms with E-state index in [4.69, 9.17) is 9.16 Å². The Balaban J connectivity index is 2.75. The molecular weight excluding hydrogens is 374 g/mol. The summed E-state index contributed by atoms with van der Waals surface area (Å²) in [5.74, 6) is -1.84. The highest BCUT2D eigenvalue weighted by Crippen LogP contribution is 2.37. The van der Waals surface area contributed by atoms with E-state index in [2.05, 4.69) is 39.2 Å².